The minimum atomic E-state index is -2.34. The number of aliphatic hydroxyl groups excluding tert-OH is 15. The Labute approximate surface area is 668 Å². The van der Waals surface area contributed by atoms with Crippen LogP contribution in [-0.2, 0) is 85.5 Å². The SMILES string of the molecule is COc1cc(C=CC(=O)OC2C(C)OC(OC(=O)C34CCC(C)(C)CC3C3=CCC5C6(C)CC(O)C(OC7OC(CO)C(O)C(O)C7O)C(C)(C(=O)O)C6CCC5(C)C3(CO)CC4)C(OC3OC(C)C(OC4OCC(O)C(O)C4O)C(OC4OCC(O)(CO)C4O)C3O)C2OC2OC(COC(C)=O)C(O)C(O)C2O)cc(OC)c1OC. The minimum absolute atomic E-state index is 0.0218. The number of aliphatic carboxylic acids is 1. The fourth-order valence-corrected chi connectivity index (χ4v) is 20.9. The van der Waals surface area contributed by atoms with Crippen LogP contribution in [0.2, 0.25) is 0 Å². The highest BCUT2D eigenvalue weighted by Gasteiger charge is 2.74. The highest BCUT2D eigenvalue weighted by molar-refractivity contribution is 5.87. The highest BCUT2D eigenvalue weighted by atomic mass is 16.8. The molecule has 1 aromatic carbocycles. The Kier molecular flexibility index (Phi) is 26.9. The lowest BCUT2D eigenvalue weighted by molar-refractivity contribution is -0.397. The molecule has 38 heteroatoms. The van der Waals surface area contributed by atoms with Crippen molar-refractivity contribution in [1.82, 2.24) is 0 Å². The number of methoxy groups -OCH3 is 3. The van der Waals surface area contributed by atoms with Crippen LogP contribution in [0.3, 0.4) is 0 Å². The van der Waals surface area contributed by atoms with E-state index in [2.05, 4.69) is 0 Å². The number of hydrogen-bond donors (Lipinski definition) is 17. The van der Waals surface area contributed by atoms with Gasteiger partial charge in [0.2, 0.25) is 12.0 Å². The van der Waals surface area contributed by atoms with Gasteiger partial charge in [-0.25, -0.2) is 4.79 Å². The fourth-order valence-electron chi connectivity index (χ4n) is 20.9. The molecule has 0 aromatic heterocycles. The summed E-state index contributed by atoms with van der Waals surface area (Å²) in [5, 5.41) is 192. The molecule has 6 heterocycles. The Morgan fingerprint density at radius 1 is 0.569 bits per heavy atom. The van der Waals surface area contributed by atoms with Crippen LogP contribution < -0.4 is 14.2 Å². The Bertz CT molecular complexity index is 3670. The Hall–Kier alpha value is -5.10. The van der Waals surface area contributed by atoms with E-state index in [1.165, 1.54) is 60.3 Å². The topological polar surface area (TPSA) is 569 Å². The first-order chi connectivity index (χ1) is 54.6. The molecular weight excluding hydrogens is 1540 g/mol. The summed E-state index contributed by atoms with van der Waals surface area (Å²) >= 11 is 0. The molecule has 0 amide bonds. The van der Waals surface area contributed by atoms with Gasteiger partial charge in [-0.05, 0) is 136 Å². The third-order valence-corrected chi connectivity index (χ3v) is 27.5. The number of carbonyl (C=O) groups is 4. The molecule has 37 atom stereocenters. The van der Waals surface area contributed by atoms with Crippen molar-refractivity contribution in [1.29, 1.82) is 0 Å². The number of esters is 3. The van der Waals surface area contributed by atoms with Crippen molar-refractivity contribution in [2.75, 3.05) is 61.0 Å². The first-order valence-electron chi connectivity index (χ1n) is 39.4. The summed E-state index contributed by atoms with van der Waals surface area (Å²) in [6.45, 7) is 8.97. The summed E-state index contributed by atoms with van der Waals surface area (Å²) < 4.78 is 103. The normalized spacial score (nSPS) is 47.4. The van der Waals surface area contributed by atoms with E-state index >= 15 is 4.79 Å². The number of aliphatic hydroxyl groups is 16. The molecule has 11 aliphatic rings. The van der Waals surface area contributed by atoms with Gasteiger partial charge in [-0.1, -0.05) is 39.3 Å². The molecule has 6 aliphatic heterocycles. The van der Waals surface area contributed by atoms with Gasteiger partial charge in [-0.2, -0.15) is 0 Å². The Morgan fingerprint density at radius 2 is 1.16 bits per heavy atom. The second-order valence-corrected chi connectivity index (χ2v) is 34.8. The maximum atomic E-state index is 16.7. The van der Waals surface area contributed by atoms with E-state index < -0.39 is 291 Å². The maximum absolute atomic E-state index is 16.7. The number of allylic oxidation sites excluding steroid dienone is 1. The van der Waals surface area contributed by atoms with Gasteiger partial charge in [0.15, 0.2) is 55.2 Å². The zero-order valence-corrected chi connectivity index (χ0v) is 66.6. The van der Waals surface area contributed by atoms with Gasteiger partial charge < -0.3 is 167 Å². The number of carboxylic acids is 1. The van der Waals surface area contributed by atoms with Crippen molar-refractivity contribution in [3.8, 4) is 17.2 Å². The average Bonchev–Trinajstić information content (AvgIpc) is 0.726. The number of carboxylic acid groups (broad SMARTS) is 1. The van der Waals surface area contributed by atoms with E-state index in [0.717, 1.165) is 18.6 Å². The zero-order valence-electron chi connectivity index (χ0n) is 66.6. The number of carbonyl (C=O) groups excluding carboxylic acids is 3. The number of hydrogen-bond acceptors (Lipinski definition) is 37. The monoisotopic (exact) mass is 1660 g/mol. The molecule has 1 aromatic rings. The van der Waals surface area contributed by atoms with Crippen LogP contribution in [0.4, 0.5) is 0 Å². The van der Waals surface area contributed by atoms with Gasteiger partial charge in [0.25, 0.3) is 0 Å². The van der Waals surface area contributed by atoms with Gasteiger partial charge in [-0.3, -0.25) is 14.4 Å². The first kappa shape index (κ1) is 90.1. The molecule has 5 aliphatic carbocycles. The Morgan fingerprint density at radius 3 is 1.77 bits per heavy atom. The second kappa shape index (κ2) is 34.7. The van der Waals surface area contributed by atoms with Crippen molar-refractivity contribution in [2.45, 2.75) is 291 Å². The van der Waals surface area contributed by atoms with Gasteiger partial charge in [-0.15, -0.1) is 0 Å². The summed E-state index contributed by atoms with van der Waals surface area (Å²) in [6, 6.07) is 3.03. The summed E-state index contributed by atoms with van der Waals surface area (Å²) in [6.07, 6.45) is -46.3. The van der Waals surface area contributed by atoms with Crippen molar-refractivity contribution in [3.63, 3.8) is 0 Å². The predicted octanol–water partition coefficient (Wildman–Crippen LogP) is -3.18. The number of rotatable bonds is 24. The third kappa shape index (κ3) is 16.0. The molecule has 12 rings (SSSR count). The summed E-state index contributed by atoms with van der Waals surface area (Å²) in [4.78, 5) is 57.7. The van der Waals surface area contributed by atoms with E-state index in [1.54, 1.807) is 0 Å². The molecule has 38 nitrogen and oxygen atoms in total. The van der Waals surface area contributed by atoms with Gasteiger partial charge in [0.05, 0.1) is 83.5 Å². The van der Waals surface area contributed by atoms with Gasteiger partial charge in [0.1, 0.15) is 116 Å². The predicted molar refractivity (Wildman–Crippen MR) is 387 cm³/mol. The molecule has 656 valence electrons. The molecule has 6 saturated heterocycles. The molecule has 37 unspecified atom stereocenters. The number of fused-ring (bicyclic) bond motifs is 7. The van der Waals surface area contributed by atoms with Gasteiger partial charge >= 0.3 is 23.9 Å². The van der Waals surface area contributed by atoms with Crippen molar-refractivity contribution >= 4 is 30.0 Å². The minimum Gasteiger partial charge on any atom is -0.493 e. The van der Waals surface area contributed by atoms with E-state index in [-0.39, 0.29) is 55.8 Å². The lowest BCUT2D eigenvalue weighted by atomic mass is 9.33. The van der Waals surface area contributed by atoms with Crippen molar-refractivity contribution < 1.29 is 187 Å². The summed E-state index contributed by atoms with van der Waals surface area (Å²) in [7, 11) is 4.14. The Balaban J connectivity index is 0.936. The summed E-state index contributed by atoms with van der Waals surface area (Å²) in [5.41, 5.74) is -8.34. The molecule has 0 spiro atoms. The molecule has 0 radical (unpaired) electrons. The summed E-state index contributed by atoms with van der Waals surface area (Å²) in [5.74, 6) is -5.59. The standard InChI is InChI=1S/C78H116O38/c1-32-56(111-64-52(91)47(86)39(84)27-104-64)59(112-69-62(95)78(99,30-81)31-105-69)55(94)67(106-32)114-61-60(113-65-53(92)51(90)49(88)43(109-65)28-103-34(3)82)57(110-46(85)15-12-35-22-40(100-9)58(102-11)41(23-35)101-10)33(2)107-68(61)116-71(98)76-19-18-72(4,5)24-37(76)36-13-14-44-73(6)25-38(83)63(115-66-54(93)50(89)48(87)42(26-79)108-66)75(8,70(96)97)45(73)16-17-74(44,7)77(36,29-80)21-20-76/h12-13,15,22-23,32-33,37-39,42-45,47-57,59-69,79-81,83-84,86-95,99H,14,16-21,24-31H2,1-11H3,(H,96,97). The molecule has 116 heavy (non-hydrogen) atoms. The number of ether oxygens (including phenoxy) is 17. The van der Waals surface area contributed by atoms with Crippen LogP contribution >= 0.6 is 0 Å². The highest BCUT2D eigenvalue weighted by Crippen LogP contribution is 2.76. The second-order valence-electron chi connectivity index (χ2n) is 34.8. The van der Waals surface area contributed by atoms with Crippen molar-refractivity contribution in [2.24, 2.45) is 50.2 Å². The largest absolute Gasteiger partial charge is 0.493 e. The number of benzene rings is 1. The third-order valence-electron chi connectivity index (χ3n) is 27.5. The van der Waals surface area contributed by atoms with E-state index in [0.29, 0.717) is 24.8 Å². The molecule has 17 N–H and O–H groups in total. The lowest BCUT2D eigenvalue weighted by Gasteiger charge is -2.71. The van der Waals surface area contributed by atoms with Crippen molar-refractivity contribution in [3.05, 3.63) is 35.4 Å². The average molecular weight is 1660 g/mol. The van der Waals surface area contributed by atoms with Gasteiger partial charge in [0, 0.05) is 18.4 Å². The fraction of sp³-hybridized carbons (Fsp3) is 0.821. The molecular formula is C78H116O38. The zero-order chi connectivity index (χ0) is 84.8. The van der Waals surface area contributed by atoms with Crippen LogP contribution in [0.1, 0.15) is 119 Å². The molecule has 4 saturated carbocycles. The van der Waals surface area contributed by atoms with Crippen LogP contribution in [0.25, 0.3) is 6.08 Å². The smallest absolute Gasteiger partial charge is 0.331 e. The van der Waals surface area contributed by atoms with Crippen LogP contribution in [0.5, 0.6) is 17.2 Å². The van der Waals surface area contributed by atoms with E-state index in [9.17, 15) is 101 Å². The first-order valence-corrected chi connectivity index (χ1v) is 39.4. The van der Waals surface area contributed by atoms with E-state index in [1.807, 2.05) is 33.8 Å². The molecule has 10 fully saturated rings. The van der Waals surface area contributed by atoms with Crippen LogP contribution in [0.15, 0.2) is 29.9 Å². The van der Waals surface area contributed by atoms with Crippen LogP contribution in [-0.4, -0.2) is 349 Å². The quantitative estimate of drug-likeness (QED) is 0.0159. The maximum Gasteiger partial charge on any atom is 0.331 e. The molecule has 0 bridgehead atoms. The lowest BCUT2D eigenvalue weighted by Crippen LogP contribution is -2.71. The van der Waals surface area contributed by atoms with E-state index in [4.69, 9.17) is 80.5 Å². The van der Waals surface area contributed by atoms with Crippen LogP contribution in [0, 0.1) is 50.2 Å².